The Balaban J connectivity index is 1.75. The summed E-state index contributed by atoms with van der Waals surface area (Å²) in [6.07, 6.45) is 9.47. The summed E-state index contributed by atoms with van der Waals surface area (Å²) in [5.74, 6) is 1.26. The van der Waals surface area contributed by atoms with Crippen LogP contribution in [0.15, 0.2) is 0 Å². The number of nitrogens with two attached hydrogens (primary N) is 1. The van der Waals surface area contributed by atoms with Gasteiger partial charge in [0.2, 0.25) is 0 Å². The molecule has 0 unspecified atom stereocenters. The molecule has 106 valence electrons. The third kappa shape index (κ3) is 3.46. The van der Waals surface area contributed by atoms with Gasteiger partial charge >= 0.3 is 0 Å². The van der Waals surface area contributed by atoms with Crippen molar-refractivity contribution in [2.24, 2.45) is 17.6 Å². The lowest BCUT2D eigenvalue weighted by molar-refractivity contribution is -0.175. The topological polar surface area (TPSA) is 55.5 Å². The SMILES string of the molecule is CCC[C@H]1CO[C@@H]1[C@H](O)[C@@H](N)CC1CCCCC1. The van der Waals surface area contributed by atoms with Crippen LogP contribution < -0.4 is 5.73 Å². The molecular weight excluding hydrogens is 226 g/mol. The molecule has 0 aromatic rings. The van der Waals surface area contributed by atoms with Crippen molar-refractivity contribution in [3.05, 3.63) is 0 Å². The zero-order valence-corrected chi connectivity index (χ0v) is 11.7. The van der Waals surface area contributed by atoms with E-state index in [0.29, 0.717) is 5.92 Å². The Morgan fingerprint density at radius 2 is 2.00 bits per heavy atom. The standard InChI is InChI=1S/C15H29NO2/c1-2-6-12-10-18-15(12)14(17)13(16)9-11-7-4-3-5-8-11/h11-15,17H,2-10,16H2,1H3/t12-,13-,14+,15-/m0/s1. The van der Waals surface area contributed by atoms with Crippen molar-refractivity contribution < 1.29 is 9.84 Å². The van der Waals surface area contributed by atoms with Crippen LogP contribution in [0.3, 0.4) is 0 Å². The van der Waals surface area contributed by atoms with Gasteiger partial charge in [-0.1, -0.05) is 45.4 Å². The molecule has 18 heavy (non-hydrogen) atoms. The summed E-state index contributed by atoms with van der Waals surface area (Å²) in [4.78, 5) is 0. The van der Waals surface area contributed by atoms with Gasteiger partial charge in [0.1, 0.15) is 0 Å². The first-order valence-electron chi connectivity index (χ1n) is 7.77. The van der Waals surface area contributed by atoms with E-state index >= 15 is 0 Å². The molecule has 1 saturated heterocycles. The third-order valence-corrected chi connectivity index (χ3v) is 4.73. The lowest BCUT2D eigenvalue weighted by Crippen LogP contribution is -2.55. The first kappa shape index (κ1) is 14.3. The highest BCUT2D eigenvalue weighted by Gasteiger charge is 2.39. The van der Waals surface area contributed by atoms with Crippen LogP contribution in [0.2, 0.25) is 0 Å². The molecule has 0 bridgehead atoms. The van der Waals surface area contributed by atoms with E-state index < -0.39 is 6.10 Å². The maximum atomic E-state index is 10.3. The molecule has 1 heterocycles. The number of aliphatic hydroxyl groups excluding tert-OH is 1. The lowest BCUT2D eigenvalue weighted by atomic mass is 9.80. The highest BCUT2D eigenvalue weighted by atomic mass is 16.5. The van der Waals surface area contributed by atoms with Gasteiger partial charge in [0.25, 0.3) is 0 Å². The monoisotopic (exact) mass is 255 g/mol. The van der Waals surface area contributed by atoms with E-state index in [9.17, 15) is 5.11 Å². The summed E-state index contributed by atoms with van der Waals surface area (Å²) in [6, 6.07) is -0.0993. The Kier molecular flexibility index (Phi) is 5.46. The average molecular weight is 255 g/mol. The fourth-order valence-electron chi connectivity index (χ4n) is 3.53. The maximum Gasteiger partial charge on any atom is 0.0955 e. The van der Waals surface area contributed by atoms with Crippen molar-refractivity contribution in [1.82, 2.24) is 0 Å². The van der Waals surface area contributed by atoms with Gasteiger partial charge in [-0.05, 0) is 18.8 Å². The predicted molar refractivity (Wildman–Crippen MR) is 73.3 cm³/mol. The minimum atomic E-state index is -0.461. The second kappa shape index (κ2) is 6.88. The molecule has 4 atom stereocenters. The van der Waals surface area contributed by atoms with Gasteiger partial charge in [0.05, 0.1) is 18.8 Å². The first-order chi connectivity index (χ1) is 8.72. The van der Waals surface area contributed by atoms with Crippen LogP contribution in [0.5, 0.6) is 0 Å². The van der Waals surface area contributed by atoms with Gasteiger partial charge in [-0.2, -0.15) is 0 Å². The highest BCUT2D eigenvalue weighted by Crippen LogP contribution is 2.32. The average Bonchev–Trinajstić information content (AvgIpc) is 2.35. The second-order valence-corrected chi connectivity index (χ2v) is 6.24. The molecule has 0 aromatic carbocycles. The van der Waals surface area contributed by atoms with Gasteiger partial charge in [-0.3, -0.25) is 0 Å². The van der Waals surface area contributed by atoms with Gasteiger partial charge in [0.15, 0.2) is 0 Å². The zero-order chi connectivity index (χ0) is 13.0. The summed E-state index contributed by atoms with van der Waals surface area (Å²) in [6.45, 7) is 3.00. The van der Waals surface area contributed by atoms with Crippen molar-refractivity contribution >= 4 is 0 Å². The fraction of sp³-hybridized carbons (Fsp3) is 1.00. The molecule has 1 aliphatic carbocycles. The molecule has 3 nitrogen and oxygen atoms in total. The van der Waals surface area contributed by atoms with Crippen LogP contribution in [0, 0.1) is 11.8 Å². The predicted octanol–water partition coefficient (Wildman–Crippen LogP) is 2.46. The largest absolute Gasteiger partial charge is 0.389 e. The third-order valence-electron chi connectivity index (χ3n) is 4.73. The lowest BCUT2D eigenvalue weighted by Gasteiger charge is -2.42. The van der Waals surface area contributed by atoms with E-state index in [1.165, 1.54) is 32.1 Å². The summed E-state index contributed by atoms with van der Waals surface area (Å²) in [7, 11) is 0. The number of hydrogen-bond acceptors (Lipinski definition) is 3. The molecule has 0 radical (unpaired) electrons. The second-order valence-electron chi connectivity index (χ2n) is 6.24. The van der Waals surface area contributed by atoms with E-state index in [1.54, 1.807) is 0 Å². The van der Waals surface area contributed by atoms with Crippen LogP contribution in [0.4, 0.5) is 0 Å². The molecule has 2 fully saturated rings. The Morgan fingerprint density at radius 1 is 1.28 bits per heavy atom. The van der Waals surface area contributed by atoms with Crippen molar-refractivity contribution in [3.63, 3.8) is 0 Å². The van der Waals surface area contributed by atoms with E-state index in [0.717, 1.165) is 31.8 Å². The quantitative estimate of drug-likeness (QED) is 0.766. The molecule has 3 heteroatoms. The van der Waals surface area contributed by atoms with E-state index in [4.69, 9.17) is 10.5 Å². The normalized spacial score (nSPS) is 32.8. The van der Waals surface area contributed by atoms with Gasteiger partial charge in [-0.15, -0.1) is 0 Å². The number of ether oxygens (including phenoxy) is 1. The Hall–Kier alpha value is -0.120. The molecule has 3 N–H and O–H groups in total. The van der Waals surface area contributed by atoms with Crippen LogP contribution >= 0.6 is 0 Å². The minimum Gasteiger partial charge on any atom is -0.389 e. The molecule has 1 aliphatic heterocycles. The van der Waals surface area contributed by atoms with E-state index in [-0.39, 0.29) is 12.1 Å². The number of rotatable bonds is 6. The van der Waals surface area contributed by atoms with Crippen LogP contribution in [-0.2, 0) is 4.74 Å². The summed E-state index contributed by atoms with van der Waals surface area (Å²) in [5, 5.41) is 10.3. The summed E-state index contributed by atoms with van der Waals surface area (Å²) < 4.78 is 5.54. The number of aliphatic hydroxyl groups is 1. The molecule has 0 amide bonds. The maximum absolute atomic E-state index is 10.3. The molecule has 2 rings (SSSR count). The summed E-state index contributed by atoms with van der Waals surface area (Å²) in [5.41, 5.74) is 6.19. The fourth-order valence-corrected chi connectivity index (χ4v) is 3.53. The van der Waals surface area contributed by atoms with Crippen molar-refractivity contribution in [2.75, 3.05) is 6.61 Å². The van der Waals surface area contributed by atoms with E-state index in [1.807, 2.05) is 0 Å². The van der Waals surface area contributed by atoms with Gasteiger partial charge in [0, 0.05) is 12.0 Å². The van der Waals surface area contributed by atoms with Crippen molar-refractivity contribution in [1.29, 1.82) is 0 Å². The van der Waals surface area contributed by atoms with E-state index in [2.05, 4.69) is 6.92 Å². The van der Waals surface area contributed by atoms with Crippen molar-refractivity contribution in [2.45, 2.75) is 76.5 Å². The molecular formula is C15H29NO2. The Bertz CT molecular complexity index is 241. The molecule has 0 spiro atoms. The van der Waals surface area contributed by atoms with Gasteiger partial charge < -0.3 is 15.6 Å². The van der Waals surface area contributed by atoms with Gasteiger partial charge in [-0.25, -0.2) is 0 Å². The Labute approximate surface area is 111 Å². The molecule has 0 aromatic heterocycles. The first-order valence-corrected chi connectivity index (χ1v) is 7.77. The Morgan fingerprint density at radius 3 is 2.56 bits per heavy atom. The minimum absolute atomic E-state index is 0.00328. The molecule has 2 aliphatic rings. The van der Waals surface area contributed by atoms with Crippen LogP contribution in [0.25, 0.3) is 0 Å². The smallest absolute Gasteiger partial charge is 0.0955 e. The van der Waals surface area contributed by atoms with Crippen molar-refractivity contribution in [3.8, 4) is 0 Å². The summed E-state index contributed by atoms with van der Waals surface area (Å²) >= 11 is 0. The highest BCUT2D eigenvalue weighted by molar-refractivity contribution is 4.90. The zero-order valence-electron chi connectivity index (χ0n) is 11.7. The number of hydrogen-bond donors (Lipinski definition) is 2. The van der Waals surface area contributed by atoms with Crippen LogP contribution in [-0.4, -0.2) is 30.0 Å². The van der Waals surface area contributed by atoms with Crippen LogP contribution in [0.1, 0.15) is 58.3 Å². The molecule has 1 saturated carbocycles.